The van der Waals surface area contributed by atoms with E-state index in [-0.39, 0.29) is 29.8 Å². The van der Waals surface area contributed by atoms with E-state index in [0.717, 1.165) is 50.7 Å². The van der Waals surface area contributed by atoms with Crippen molar-refractivity contribution in [1.29, 1.82) is 0 Å². The van der Waals surface area contributed by atoms with Crippen LogP contribution in [0.25, 0.3) is 0 Å². The lowest BCUT2D eigenvalue weighted by Gasteiger charge is -2.30. The Morgan fingerprint density at radius 2 is 1.85 bits per heavy atom. The highest BCUT2D eigenvalue weighted by Gasteiger charge is 2.37. The van der Waals surface area contributed by atoms with Gasteiger partial charge in [0.15, 0.2) is 11.6 Å². The third-order valence-corrected chi connectivity index (χ3v) is 5.59. The summed E-state index contributed by atoms with van der Waals surface area (Å²) in [5, 5.41) is 12.8. The molecule has 1 aliphatic carbocycles. The zero-order valence-corrected chi connectivity index (χ0v) is 15.3. The quantitative estimate of drug-likeness (QED) is 0.825. The minimum Gasteiger partial charge on any atom is -0.387 e. The summed E-state index contributed by atoms with van der Waals surface area (Å²) in [6, 6.07) is 2.62. The van der Waals surface area contributed by atoms with E-state index >= 15 is 0 Å². The number of amides is 2. The number of nitrogens with zero attached hydrogens (tertiary/aromatic N) is 1. The van der Waals surface area contributed by atoms with Crippen LogP contribution in [0.3, 0.4) is 0 Å². The van der Waals surface area contributed by atoms with Gasteiger partial charge in [0.05, 0.1) is 6.10 Å². The molecule has 2 fully saturated rings. The molecule has 1 aromatic carbocycles. The highest BCUT2D eigenvalue weighted by molar-refractivity contribution is 5.89. The van der Waals surface area contributed by atoms with Gasteiger partial charge in [-0.1, -0.05) is 25.3 Å². The van der Waals surface area contributed by atoms with Gasteiger partial charge >= 0.3 is 0 Å². The maximum Gasteiger partial charge on any atom is 0.242 e. The lowest BCUT2D eigenvalue weighted by Crippen LogP contribution is -2.48. The number of hydrogen-bond acceptors (Lipinski definition) is 3. The van der Waals surface area contributed by atoms with E-state index in [2.05, 4.69) is 5.32 Å². The smallest absolute Gasteiger partial charge is 0.242 e. The molecule has 1 saturated carbocycles. The molecular formula is C20H26F2N2O3. The Hall–Kier alpha value is -2.02. The van der Waals surface area contributed by atoms with Crippen LogP contribution >= 0.6 is 0 Å². The van der Waals surface area contributed by atoms with Crippen LogP contribution in [0.15, 0.2) is 18.2 Å². The first kappa shape index (κ1) is 19.7. The maximum absolute atomic E-state index is 13.3. The molecule has 1 saturated heterocycles. The van der Waals surface area contributed by atoms with Crippen LogP contribution in [-0.2, 0) is 9.59 Å². The monoisotopic (exact) mass is 380 g/mol. The number of nitrogens with one attached hydrogen (secondary N) is 1. The zero-order valence-electron chi connectivity index (χ0n) is 15.3. The number of likely N-dealkylation sites (tertiary alicyclic amines) is 1. The molecule has 3 rings (SSSR count). The molecule has 2 amide bonds. The van der Waals surface area contributed by atoms with Crippen molar-refractivity contribution in [2.75, 3.05) is 13.1 Å². The van der Waals surface area contributed by atoms with Gasteiger partial charge in [0, 0.05) is 19.0 Å². The van der Waals surface area contributed by atoms with Crippen LogP contribution in [0.4, 0.5) is 8.78 Å². The molecule has 0 bridgehead atoms. The molecule has 2 N–H and O–H groups in total. The molecule has 1 aromatic rings. The maximum atomic E-state index is 13.3. The van der Waals surface area contributed by atoms with Gasteiger partial charge in [0.1, 0.15) is 6.04 Å². The topological polar surface area (TPSA) is 69.6 Å². The van der Waals surface area contributed by atoms with Gasteiger partial charge in [-0.2, -0.15) is 0 Å². The molecule has 27 heavy (non-hydrogen) atoms. The number of hydrogen-bond donors (Lipinski definition) is 2. The Morgan fingerprint density at radius 3 is 2.56 bits per heavy atom. The van der Waals surface area contributed by atoms with E-state index in [9.17, 15) is 23.5 Å². The summed E-state index contributed by atoms with van der Waals surface area (Å²) in [5.74, 6) is -2.26. The van der Waals surface area contributed by atoms with Gasteiger partial charge in [-0.25, -0.2) is 8.78 Å². The summed E-state index contributed by atoms with van der Waals surface area (Å²) >= 11 is 0. The SMILES string of the molecule is O=C(NCC(O)c1ccc(F)c(F)c1)C1CCCN1C(=O)C1CCCCC1. The lowest BCUT2D eigenvalue weighted by molar-refractivity contribution is -0.142. The number of halogens is 2. The largest absolute Gasteiger partial charge is 0.387 e. The van der Waals surface area contributed by atoms with Gasteiger partial charge in [0.25, 0.3) is 0 Å². The summed E-state index contributed by atoms with van der Waals surface area (Å²) in [4.78, 5) is 27.0. The van der Waals surface area contributed by atoms with Crippen LogP contribution in [0.1, 0.15) is 56.6 Å². The molecule has 1 aliphatic heterocycles. The standard InChI is InChI=1S/C20H26F2N2O3/c21-15-9-8-14(11-16(15)22)18(25)12-23-19(26)17-7-4-10-24(17)20(27)13-5-2-1-3-6-13/h8-9,11,13,17-18,25H,1-7,10,12H2,(H,23,26). The molecule has 1 heterocycles. The van der Waals surface area contributed by atoms with Gasteiger partial charge in [-0.05, 0) is 43.4 Å². The Bertz CT molecular complexity index is 692. The Kier molecular flexibility index (Phi) is 6.42. The second-order valence-corrected chi connectivity index (χ2v) is 7.46. The van der Waals surface area contributed by atoms with Crippen LogP contribution in [0.2, 0.25) is 0 Å². The Balaban J connectivity index is 1.56. The predicted molar refractivity (Wildman–Crippen MR) is 95.6 cm³/mol. The Morgan fingerprint density at radius 1 is 1.11 bits per heavy atom. The van der Waals surface area contributed by atoms with Crippen molar-refractivity contribution in [3.63, 3.8) is 0 Å². The summed E-state index contributed by atoms with van der Waals surface area (Å²) < 4.78 is 26.3. The Labute approximate surface area is 157 Å². The third-order valence-electron chi connectivity index (χ3n) is 5.59. The third kappa shape index (κ3) is 4.64. The highest BCUT2D eigenvalue weighted by atomic mass is 19.2. The van der Waals surface area contributed by atoms with Gasteiger partial charge in [0.2, 0.25) is 11.8 Å². The molecule has 0 radical (unpaired) electrons. The first-order valence-corrected chi connectivity index (χ1v) is 9.68. The van der Waals surface area contributed by atoms with Crippen LogP contribution in [0.5, 0.6) is 0 Å². The average Bonchev–Trinajstić information content (AvgIpc) is 3.18. The zero-order chi connectivity index (χ0) is 19.4. The van der Waals surface area contributed by atoms with Gasteiger partial charge in [-0.3, -0.25) is 9.59 Å². The van der Waals surface area contributed by atoms with Crippen LogP contribution < -0.4 is 5.32 Å². The minimum atomic E-state index is -1.15. The number of carbonyl (C=O) groups is 2. The fraction of sp³-hybridized carbons (Fsp3) is 0.600. The van der Waals surface area contributed by atoms with E-state index in [1.54, 1.807) is 4.90 Å². The van der Waals surface area contributed by atoms with Gasteiger partial charge in [-0.15, -0.1) is 0 Å². The lowest BCUT2D eigenvalue weighted by atomic mass is 9.88. The highest BCUT2D eigenvalue weighted by Crippen LogP contribution is 2.29. The number of aliphatic hydroxyl groups is 1. The van der Waals surface area contributed by atoms with Crippen molar-refractivity contribution in [2.24, 2.45) is 5.92 Å². The summed E-state index contributed by atoms with van der Waals surface area (Å²) in [7, 11) is 0. The average molecular weight is 380 g/mol. The molecule has 5 nitrogen and oxygen atoms in total. The summed E-state index contributed by atoms with van der Waals surface area (Å²) in [5.41, 5.74) is 0.191. The van der Waals surface area contributed by atoms with Crippen LogP contribution in [-0.4, -0.2) is 41.0 Å². The van der Waals surface area contributed by atoms with E-state index in [0.29, 0.717) is 13.0 Å². The van der Waals surface area contributed by atoms with E-state index in [1.165, 1.54) is 6.07 Å². The van der Waals surface area contributed by atoms with Crippen molar-refractivity contribution in [3.05, 3.63) is 35.4 Å². The van der Waals surface area contributed by atoms with Crippen molar-refractivity contribution in [1.82, 2.24) is 10.2 Å². The second-order valence-electron chi connectivity index (χ2n) is 7.46. The van der Waals surface area contributed by atoms with E-state index < -0.39 is 23.8 Å². The fourth-order valence-electron chi connectivity index (χ4n) is 4.04. The number of benzene rings is 1. The normalized spacial score (nSPS) is 21.9. The van der Waals surface area contributed by atoms with Crippen molar-refractivity contribution in [3.8, 4) is 0 Å². The van der Waals surface area contributed by atoms with Crippen molar-refractivity contribution < 1.29 is 23.5 Å². The molecule has 148 valence electrons. The summed E-state index contributed by atoms with van der Waals surface area (Å²) in [6.07, 6.45) is 5.29. The van der Waals surface area contributed by atoms with E-state index in [4.69, 9.17) is 0 Å². The molecular weight excluding hydrogens is 354 g/mol. The molecule has 2 unspecified atom stereocenters. The minimum absolute atomic E-state index is 0.0138. The molecule has 2 atom stereocenters. The molecule has 7 heteroatoms. The molecule has 0 spiro atoms. The molecule has 2 aliphatic rings. The fourth-order valence-corrected chi connectivity index (χ4v) is 4.04. The van der Waals surface area contributed by atoms with Crippen molar-refractivity contribution in [2.45, 2.75) is 57.1 Å². The first-order valence-electron chi connectivity index (χ1n) is 9.68. The number of rotatable bonds is 5. The number of aliphatic hydroxyl groups excluding tert-OH is 1. The predicted octanol–water partition coefficient (Wildman–Crippen LogP) is 2.69. The number of carbonyl (C=O) groups excluding carboxylic acids is 2. The summed E-state index contributed by atoms with van der Waals surface area (Å²) in [6.45, 7) is 0.463. The molecule has 0 aromatic heterocycles. The van der Waals surface area contributed by atoms with Crippen LogP contribution in [0, 0.1) is 17.6 Å². The second kappa shape index (κ2) is 8.78. The first-order chi connectivity index (χ1) is 13.0. The van der Waals surface area contributed by atoms with E-state index in [1.807, 2.05) is 0 Å². The van der Waals surface area contributed by atoms with Crippen molar-refractivity contribution >= 4 is 11.8 Å². The van der Waals surface area contributed by atoms with Gasteiger partial charge < -0.3 is 15.3 Å².